The van der Waals surface area contributed by atoms with Gasteiger partial charge in [-0.3, -0.25) is 4.79 Å². The molecule has 2 aromatic rings. The van der Waals surface area contributed by atoms with Gasteiger partial charge in [0.2, 0.25) is 0 Å². The number of benzene rings is 1. The summed E-state index contributed by atoms with van der Waals surface area (Å²) in [7, 11) is 0. The van der Waals surface area contributed by atoms with Gasteiger partial charge in [0.25, 0.3) is 5.56 Å². The second-order valence-electron chi connectivity index (χ2n) is 3.44. The Kier molecular flexibility index (Phi) is 4.29. The summed E-state index contributed by atoms with van der Waals surface area (Å²) in [5.74, 6) is 0. The van der Waals surface area contributed by atoms with Gasteiger partial charge < -0.3 is 4.57 Å². The van der Waals surface area contributed by atoms with E-state index in [2.05, 4.69) is 0 Å². The van der Waals surface area contributed by atoms with Gasteiger partial charge in [0.1, 0.15) is 0 Å². The number of aryl methyl sites for hydroxylation is 2. The average Bonchev–Trinajstić information content (AvgIpc) is 2.33. The number of hydrogen-bond donors (Lipinski definition) is 0. The molecule has 0 aliphatic carbocycles. The first-order chi connectivity index (χ1) is 7.74. The normalized spacial score (nSPS) is 9.75. The van der Waals surface area contributed by atoms with Gasteiger partial charge in [-0.15, -0.1) is 0 Å². The molecule has 0 saturated carbocycles. The molecule has 0 saturated heterocycles. The maximum atomic E-state index is 11.9. The van der Waals surface area contributed by atoms with Gasteiger partial charge in [-0.25, -0.2) is 0 Å². The van der Waals surface area contributed by atoms with Gasteiger partial charge >= 0.3 is 0 Å². The van der Waals surface area contributed by atoms with Crippen LogP contribution in [-0.2, 0) is 6.54 Å². The first kappa shape index (κ1) is 12.5. The van der Waals surface area contributed by atoms with Crippen LogP contribution in [0, 0.1) is 6.92 Å². The zero-order valence-corrected chi connectivity index (χ0v) is 10.4. The first-order valence-electron chi connectivity index (χ1n) is 5.83. The third-order valence-corrected chi connectivity index (χ3v) is 2.58. The fourth-order valence-corrected chi connectivity index (χ4v) is 1.72. The molecule has 0 atom stereocenters. The van der Waals surface area contributed by atoms with Crippen molar-refractivity contribution in [1.82, 2.24) is 4.57 Å². The number of pyridine rings is 1. The molecule has 0 aliphatic rings. The summed E-state index contributed by atoms with van der Waals surface area (Å²) >= 11 is 0. The van der Waals surface area contributed by atoms with Crippen molar-refractivity contribution in [2.45, 2.75) is 34.2 Å². The molecule has 1 aromatic heterocycles. The third-order valence-electron chi connectivity index (χ3n) is 2.58. The zero-order valence-electron chi connectivity index (χ0n) is 10.4. The molecule has 0 unspecified atom stereocenters. The van der Waals surface area contributed by atoms with Crippen molar-refractivity contribution in [3.8, 4) is 0 Å². The van der Waals surface area contributed by atoms with E-state index in [4.69, 9.17) is 0 Å². The molecule has 0 N–H and O–H groups in total. The standard InChI is InChI=1S/C12H13NO.C2H6/c1-3-13-8-7-10-9(2)5-4-6-11(10)12(13)14;1-2/h4-8H,3H2,1-2H3;1-2H3. The van der Waals surface area contributed by atoms with Crippen LogP contribution in [0.25, 0.3) is 10.8 Å². The van der Waals surface area contributed by atoms with Gasteiger partial charge in [0, 0.05) is 18.1 Å². The highest BCUT2D eigenvalue weighted by atomic mass is 16.1. The van der Waals surface area contributed by atoms with Gasteiger partial charge in [-0.05, 0) is 36.9 Å². The molecule has 0 radical (unpaired) electrons. The van der Waals surface area contributed by atoms with E-state index in [0.29, 0.717) is 0 Å². The minimum absolute atomic E-state index is 0.105. The summed E-state index contributed by atoms with van der Waals surface area (Å²) in [5, 5.41) is 1.87. The molecule has 1 heterocycles. The van der Waals surface area contributed by atoms with Crippen LogP contribution in [0.2, 0.25) is 0 Å². The average molecular weight is 217 g/mol. The van der Waals surface area contributed by atoms with Gasteiger partial charge in [0.05, 0.1) is 0 Å². The maximum absolute atomic E-state index is 11.9. The minimum Gasteiger partial charge on any atom is -0.315 e. The molecule has 16 heavy (non-hydrogen) atoms. The monoisotopic (exact) mass is 217 g/mol. The summed E-state index contributed by atoms with van der Waals surface area (Å²) < 4.78 is 1.72. The van der Waals surface area contributed by atoms with E-state index >= 15 is 0 Å². The van der Waals surface area contributed by atoms with E-state index in [1.807, 2.05) is 58.2 Å². The summed E-state index contributed by atoms with van der Waals surface area (Å²) in [6.45, 7) is 8.73. The number of rotatable bonds is 1. The van der Waals surface area contributed by atoms with E-state index in [0.717, 1.165) is 22.9 Å². The van der Waals surface area contributed by atoms with Gasteiger partial charge in [-0.2, -0.15) is 0 Å². The topological polar surface area (TPSA) is 22.0 Å². The van der Waals surface area contributed by atoms with Gasteiger partial charge in [-0.1, -0.05) is 26.0 Å². The van der Waals surface area contributed by atoms with Crippen LogP contribution in [0.3, 0.4) is 0 Å². The Hall–Kier alpha value is -1.57. The van der Waals surface area contributed by atoms with Crippen LogP contribution >= 0.6 is 0 Å². The summed E-state index contributed by atoms with van der Waals surface area (Å²) in [5.41, 5.74) is 1.26. The van der Waals surface area contributed by atoms with E-state index < -0.39 is 0 Å². The SMILES string of the molecule is CC.CCn1ccc2c(C)cccc2c1=O. The Balaban J connectivity index is 0.000000606. The number of hydrogen-bond acceptors (Lipinski definition) is 1. The van der Waals surface area contributed by atoms with Crippen molar-refractivity contribution >= 4 is 10.8 Å². The van der Waals surface area contributed by atoms with Crippen molar-refractivity contribution in [2.75, 3.05) is 0 Å². The molecular weight excluding hydrogens is 198 g/mol. The van der Waals surface area contributed by atoms with Crippen LogP contribution in [0.15, 0.2) is 35.3 Å². The summed E-state index contributed by atoms with van der Waals surface area (Å²) in [4.78, 5) is 11.9. The molecule has 2 heteroatoms. The van der Waals surface area contributed by atoms with Crippen LogP contribution < -0.4 is 5.56 Å². The molecule has 0 bridgehead atoms. The second-order valence-corrected chi connectivity index (χ2v) is 3.44. The number of nitrogens with zero attached hydrogens (tertiary/aromatic N) is 1. The second kappa shape index (κ2) is 5.50. The number of aromatic nitrogens is 1. The highest BCUT2D eigenvalue weighted by Crippen LogP contribution is 2.13. The minimum atomic E-state index is 0.105. The van der Waals surface area contributed by atoms with Crippen LogP contribution in [-0.4, -0.2) is 4.57 Å². The van der Waals surface area contributed by atoms with Crippen LogP contribution in [0.5, 0.6) is 0 Å². The van der Waals surface area contributed by atoms with E-state index in [1.54, 1.807) is 4.57 Å². The quantitative estimate of drug-likeness (QED) is 0.718. The molecule has 2 rings (SSSR count). The Morgan fingerprint density at radius 3 is 2.44 bits per heavy atom. The van der Waals surface area contributed by atoms with Crippen molar-refractivity contribution in [3.63, 3.8) is 0 Å². The largest absolute Gasteiger partial charge is 0.315 e. The van der Waals surface area contributed by atoms with Crippen LogP contribution in [0.4, 0.5) is 0 Å². The van der Waals surface area contributed by atoms with Crippen molar-refractivity contribution in [1.29, 1.82) is 0 Å². The Bertz CT molecular complexity index is 526. The zero-order chi connectivity index (χ0) is 12.1. The fourth-order valence-electron chi connectivity index (χ4n) is 1.72. The van der Waals surface area contributed by atoms with Crippen molar-refractivity contribution < 1.29 is 0 Å². The number of fused-ring (bicyclic) bond motifs is 1. The highest BCUT2D eigenvalue weighted by Gasteiger charge is 2.02. The molecule has 0 fully saturated rings. The molecule has 0 spiro atoms. The molecular formula is C14H19NO. The highest BCUT2D eigenvalue weighted by molar-refractivity contribution is 5.84. The maximum Gasteiger partial charge on any atom is 0.258 e. The summed E-state index contributed by atoms with van der Waals surface area (Å²) in [6.07, 6.45) is 1.86. The van der Waals surface area contributed by atoms with E-state index in [9.17, 15) is 4.79 Å². The Morgan fingerprint density at radius 2 is 1.81 bits per heavy atom. The third kappa shape index (κ3) is 2.16. The van der Waals surface area contributed by atoms with E-state index in [-0.39, 0.29) is 5.56 Å². The molecule has 86 valence electrons. The van der Waals surface area contributed by atoms with Crippen molar-refractivity contribution in [2.24, 2.45) is 0 Å². The van der Waals surface area contributed by atoms with E-state index in [1.165, 1.54) is 0 Å². The predicted octanol–water partition coefficient (Wildman–Crippen LogP) is 3.36. The molecule has 0 amide bonds. The molecule has 2 nitrogen and oxygen atoms in total. The van der Waals surface area contributed by atoms with Gasteiger partial charge in [0.15, 0.2) is 0 Å². The molecule has 0 aliphatic heterocycles. The smallest absolute Gasteiger partial charge is 0.258 e. The fraction of sp³-hybridized carbons (Fsp3) is 0.357. The summed E-state index contributed by atoms with van der Waals surface area (Å²) in [6, 6.07) is 7.85. The first-order valence-corrected chi connectivity index (χ1v) is 5.83. The lowest BCUT2D eigenvalue weighted by atomic mass is 10.1. The Morgan fingerprint density at radius 1 is 1.12 bits per heavy atom. The molecule has 1 aromatic carbocycles. The van der Waals surface area contributed by atoms with Crippen LogP contribution in [0.1, 0.15) is 26.3 Å². The van der Waals surface area contributed by atoms with Crippen molar-refractivity contribution in [3.05, 3.63) is 46.4 Å². The lowest BCUT2D eigenvalue weighted by molar-refractivity contribution is 0.735. The lowest BCUT2D eigenvalue weighted by Crippen LogP contribution is -2.18. The predicted molar refractivity (Wildman–Crippen MR) is 70.0 cm³/mol. The Labute approximate surface area is 96.5 Å². The lowest BCUT2D eigenvalue weighted by Gasteiger charge is -2.05.